The van der Waals surface area contributed by atoms with E-state index < -0.39 is 17.7 Å². The second-order valence-corrected chi connectivity index (χ2v) is 5.27. The number of hydrogen-bond donors (Lipinski definition) is 1. The van der Waals surface area contributed by atoms with Gasteiger partial charge in [0, 0.05) is 10.8 Å². The molecule has 0 saturated carbocycles. The van der Waals surface area contributed by atoms with Crippen molar-refractivity contribution in [3.8, 4) is 10.6 Å². The highest BCUT2D eigenvalue weighted by Crippen LogP contribution is 2.41. The smallest absolute Gasteiger partial charge is 0.417 e. The molecule has 0 radical (unpaired) electrons. The molecule has 0 aliphatic carbocycles. The molecular weight excluding hydrogens is 307 g/mol. The number of hydrogen-bond acceptors (Lipinski definition) is 4. The van der Waals surface area contributed by atoms with Gasteiger partial charge in [0.2, 0.25) is 0 Å². The Labute approximate surface area is 119 Å². The molecule has 0 bridgehead atoms. The van der Waals surface area contributed by atoms with Crippen molar-refractivity contribution in [3.05, 3.63) is 41.6 Å². The van der Waals surface area contributed by atoms with Gasteiger partial charge in [-0.05, 0) is 17.5 Å². The van der Waals surface area contributed by atoms with Gasteiger partial charge < -0.3 is 9.63 Å². The van der Waals surface area contributed by atoms with E-state index in [4.69, 9.17) is 9.63 Å². The summed E-state index contributed by atoms with van der Waals surface area (Å²) in [6.07, 6.45) is -4.45. The summed E-state index contributed by atoms with van der Waals surface area (Å²) in [4.78, 5) is 11.1. The van der Waals surface area contributed by atoms with Gasteiger partial charge in [-0.15, -0.1) is 11.3 Å². The second kappa shape index (κ2) is 4.59. The molecule has 3 aromatic rings. The summed E-state index contributed by atoms with van der Waals surface area (Å²) < 4.78 is 43.7. The molecule has 3 rings (SSSR count). The molecule has 1 aromatic carbocycles. The molecule has 0 aliphatic rings. The van der Waals surface area contributed by atoms with E-state index >= 15 is 0 Å². The number of aromatic carboxylic acids is 1. The number of rotatable bonds is 2. The van der Waals surface area contributed by atoms with E-state index in [1.807, 2.05) is 0 Å². The van der Waals surface area contributed by atoms with Gasteiger partial charge in [-0.1, -0.05) is 17.3 Å². The molecule has 2 heterocycles. The van der Waals surface area contributed by atoms with E-state index in [0.717, 1.165) is 17.4 Å². The first-order valence-corrected chi connectivity index (χ1v) is 6.48. The largest absolute Gasteiger partial charge is 0.476 e. The van der Waals surface area contributed by atoms with E-state index in [1.54, 1.807) is 6.07 Å². The summed E-state index contributed by atoms with van der Waals surface area (Å²) in [6.45, 7) is 0. The summed E-state index contributed by atoms with van der Waals surface area (Å²) in [5, 5.41) is 12.5. The van der Waals surface area contributed by atoms with Crippen LogP contribution in [0.25, 0.3) is 20.7 Å². The lowest BCUT2D eigenvalue weighted by Gasteiger charge is -2.06. The Morgan fingerprint density at radius 1 is 1.29 bits per heavy atom. The molecule has 1 N–H and O–H groups in total. The minimum atomic E-state index is -4.45. The zero-order valence-electron chi connectivity index (χ0n) is 10.1. The maximum absolute atomic E-state index is 12.9. The molecule has 2 aromatic heterocycles. The van der Waals surface area contributed by atoms with Crippen LogP contribution in [0.5, 0.6) is 0 Å². The van der Waals surface area contributed by atoms with Crippen molar-refractivity contribution in [3.63, 3.8) is 0 Å². The van der Waals surface area contributed by atoms with Crippen LogP contribution < -0.4 is 0 Å². The van der Waals surface area contributed by atoms with Crippen LogP contribution in [-0.2, 0) is 6.18 Å². The molecule has 108 valence electrons. The van der Waals surface area contributed by atoms with Gasteiger partial charge in [-0.2, -0.15) is 13.2 Å². The Bertz CT molecular complexity index is 835. The zero-order chi connectivity index (χ0) is 15.2. The molecule has 4 nitrogen and oxygen atoms in total. The second-order valence-electron chi connectivity index (χ2n) is 4.21. The third kappa shape index (κ3) is 2.38. The number of carbonyl (C=O) groups is 1. The van der Waals surface area contributed by atoms with Crippen LogP contribution in [0, 0.1) is 0 Å². The van der Waals surface area contributed by atoms with Crippen LogP contribution >= 0.6 is 11.3 Å². The first kappa shape index (κ1) is 13.6. The van der Waals surface area contributed by atoms with E-state index in [1.165, 1.54) is 18.2 Å². The fourth-order valence-electron chi connectivity index (χ4n) is 1.90. The first-order valence-electron chi connectivity index (χ1n) is 5.66. The summed E-state index contributed by atoms with van der Waals surface area (Å²) in [7, 11) is 0. The molecule has 0 saturated heterocycles. The van der Waals surface area contributed by atoms with Crippen molar-refractivity contribution in [2.75, 3.05) is 0 Å². The van der Waals surface area contributed by atoms with Gasteiger partial charge in [0.05, 0.1) is 10.4 Å². The molecule has 0 fully saturated rings. The van der Waals surface area contributed by atoms with Crippen molar-refractivity contribution >= 4 is 27.4 Å². The quantitative estimate of drug-likeness (QED) is 0.767. The molecule has 0 atom stereocenters. The topological polar surface area (TPSA) is 63.3 Å². The summed E-state index contributed by atoms with van der Waals surface area (Å²) in [6, 6.07) is 6.58. The number of carboxylic acids is 1. The predicted molar refractivity (Wildman–Crippen MR) is 69.3 cm³/mol. The van der Waals surface area contributed by atoms with Gasteiger partial charge in [0.15, 0.2) is 11.5 Å². The Kier molecular flexibility index (Phi) is 2.98. The van der Waals surface area contributed by atoms with E-state index in [2.05, 4.69) is 5.16 Å². The van der Waals surface area contributed by atoms with Gasteiger partial charge in [-0.25, -0.2) is 4.79 Å². The van der Waals surface area contributed by atoms with Crippen molar-refractivity contribution < 1.29 is 27.6 Å². The molecule has 21 heavy (non-hydrogen) atoms. The van der Waals surface area contributed by atoms with Crippen LogP contribution in [0.15, 0.2) is 34.9 Å². The fourth-order valence-corrected chi connectivity index (χ4v) is 3.04. The van der Waals surface area contributed by atoms with Gasteiger partial charge >= 0.3 is 12.1 Å². The normalized spacial score (nSPS) is 12.0. The van der Waals surface area contributed by atoms with Crippen molar-refractivity contribution in [1.82, 2.24) is 5.16 Å². The highest BCUT2D eigenvalue weighted by atomic mass is 32.1. The highest BCUT2D eigenvalue weighted by molar-refractivity contribution is 7.22. The molecule has 0 spiro atoms. The molecule has 0 amide bonds. The number of alkyl halides is 3. The zero-order valence-corrected chi connectivity index (χ0v) is 11.0. The van der Waals surface area contributed by atoms with Crippen LogP contribution in [0.3, 0.4) is 0 Å². The average Bonchev–Trinajstić information content (AvgIpc) is 3.03. The SMILES string of the molecule is O=C(O)c1cc(-c2cc3cccc(C(F)(F)F)c3s2)on1. The number of benzene rings is 1. The maximum Gasteiger partial charge on any atom is 0.417 e. The minimum absolute atomic E-state index is 0.0771. The molecule has 0 unspecified atom stereocenters. The Balaban J connectivity index is 2.15. The van der Waals surface area contributed by atoms with Gasteiger partial charge in [0.1, 0.15) is 0 Å². The molecular formula is C13H6F3NO3S. The fraction of sp³-hybridized carbons (Fsp3) is 0.0769. The van der Waals surface area contributed by atoms with Gasteiger partial charge in [0.25, 0.3) is 0 Å². The van der Waals surface area contributed by atoms with Crippen LogP contribution in [-0.4, -0.2) is 16.2 Å². The van der Waals surface area contributed by atoms with Crippen molar-refractivity contribution in [1.29, 1.82) is 0 Å². The number of fused-ring (bicyclic) bond motifs is 1. The average molecular weight is 313 g/mol. The standard InChI is InChI=1S/C13H6F3NO3S/c14-13(15,16)7-3-1-2-6-4-10(21-11(6)7)9-5-8(12(18)19)17-20-9/h1-5H,(H,18,19). The monoisotopic (exact) mass is 313 g/mol. The Hall–Kier alpha value is -2.35. The number of aromatic nitrogens is 1. The lowest BCUT2D eigenvalue weighted by Crippen LogP contribution is -2.04. The number of halogens is 3. The summed E-state index contributed by atoms with van der Waals surface area (Å²) in [5.74, 6) is -1.14. The Morgan fingerprint density at radius 3 is 2.67 bits per heavy atom. The molecule has 0 aliphatic heterocycles. The van der Waals surface area contributed by atoms with Crippen LogP contribution in [0.4, 0.5) is 13.2 Å². The van der Waals surface area contributed by atoms with Crippen LogP contribution in [0.2, 0.25) is 0 Å². The van der Waals surface area contributed by atoms with E-state index in [-0.39, 0.29) is 16.2 Å². The first-order chi connectivity index (χ1) is 9.86. The van der Waals surface area contributed by atoms with E-state index in [0.29, 0.717) is 10.3 Å². The van der Waals surface area contributed by atoms with Gasteiger partial charge in [-0.3, -0.25) is 0 Å². The van der Waals surface area contributed by atoms with E-state index in [9.17, 15) is 18.0 Å². The summed E-state index contributed by atoms with van der Waals surface area (Å²) in [5.41, 5.74) is -1.02. The molecule has 8 heteroatoms. The number of nitrogens with zero attached hydrogens (tertiary/aromatic N) is 1. The maximum atomic E-state index is 12.9. The highest BCUT2D eigenvalue weighted by Gasteiger charge is 2.33. The predicted octanol–water partition coefficient (Wildman–Crippen LogP) is 4.27. The number of thiophene rings is 1. The van der Waals surface area contributed by atoms with Crippen LogP contribution in [0.1, 0.15) is 16.1 Å². The Morgan fingerprint density at radius 2 is 2.05 bits per heavy atom. The lowest BCUT2D eigenvalue weighted by atomic mass is 10.1. The van der Waals surface area contributed by atoms with Crippen molar-refractivity contribution in [2.45, 2.75) is 6.18 Å². The minimum Gasteiger partial charge on any atom is -0.476 e. The summed E-state index contributed by atoms with van der Waals surface area (Å²) >= 11 is 0.882. The third-order valence-corrected chi connectivity index (χ3v) is 4.02. The lowest BCUT2D eigenvalue weighted by molar-refractivity contribution is -0.136. The number of carboxylic acid groups (broad SMARTS) is 1. The van der Waals surface area contributed by atoms with Crippen molar-refractivity contribution in [2.24, 2.45) is 0 Å². The third-order valence-electron chi connectivity index (χ3n) is 2.82.